The molecule has 1 aromatic carbocycles. The number of benzene rings is 1. The summed E-state index contributed by atoms with van der Waals surface area (Å²) in [6.45, 7) is 4.44. The molecule has 0 unspecified atom stereocenters. The smallest absolute Gasteiger partial charge is 0.340 e. The zero-order valence-corrected chi connectivity index (χ0v) is 12.7. The maximum atomic E-state index is 13.9. The standard InChI is InChI=1S/C15H17FN2O2S/c1-3-20-15(19)10-6-13(11(16)7-12(10)17)18-8-14-9(2)4-5-21-14/h4-7,18H,3,8,17H2,1-2H3. The number of hydrogen-bond acceptors (Lipinski definition) is 5. The third-order valence-corrected chi connectivity index (χ3v) is 4.07. The molecule has 0 fully saturated rings. The van der Waals surface area contributed by atoms with E-state index in [4.69, 9.17) is 10.5 Å². The molecule has 0 bridgehead atoms. The average molecular weight is 308 g/mol. The Balaban J connectivity index is 2.21. The molecule has 3 N–H and O–H groups in total. The van der Waals surface area contributed by atoms with Gasteiger partial charge in [-0.05, 0) is 43.0 Å². The summed E-state index contributed by atoms with van der Waals surface area (Å²) < 4.78 is 18.8. The lowest BCUT2D eigenvalue weighted by Gasteiger charge is -2.11. The molecule has 0 spiro atoms. The van der Waals surface area contributed by atoms with Crippen molar-refractivity contribution >= 4 is 28.7 Å². The van der Waals surface area contributed by atoms with Gasteiger partial charge in [0.25, 0.3) is 0 Å². The highest BCUT2D eigenvalue weighted by Crippen LogP contribution is 2.25. The van der Waals surface area contributed by atoms with Crippen LogP contribution in [0.4, 0.5) is 15.8 Å². The van der Waals surface area contributed by atoms with Crippen molar-refractivity contribution < 1.29 is 13.9 Å². The van der Waals surface area contributed by atoms with E-state index in [-0.39, 0.29) is 23.5 Å². The number of rotatable bonds is 5. The summed E-state index contributed by atoms with van der Waals surface area (Å²) in [5.74, 6) is -1.04. The highest BCUT2D eigenvalue weighted by atomic mass is 32.1. The lowest BCUT2D eigenvalue weighted by atomic mass is 10.1. The number of hydrogen-bond donors (Lipinski definition) is 2. The number of carbonyl (C=O) groups excluding carboxylic acids is 1. The van der Waals surface area contributed by atoms with Gasteiger partial charge in [0.15, 0.2) is 0 Å². The van der Waals surface area contributed by atoms with Crippen molar-refractivity contribution in [2.24, 2.45) is 0 Å². The van der Waals surface area contributed by atoms with E-state index in [2.05, 4.69) is 5.32 Å². The molecule has 2 aromatic rings. The Morgan fingerprint density at radius 3 is 2.86 bits per heavy atom. The maximum absolute atomic E-state index is 13.9. The van der Waals surface area contributed by atoms with Crippen LogP contribution in [-0.2, 0) is 11.3 Å². The first-order valence-electron chi connectivity index (χ1n) is 6.56. The molecule has 0 radical (unpaired) electrons. The van der Waals surface area contributed by atoms with Crippen LogP contribution in [0.2, 0.25) is 0 Å². The minimum Gasteiger partial charge on any atom is -0.462 e. The molecule has 0 amide bonds. The van der Waals surface area contributed by atoms with Gasteiger partial charge < -0.3 is 15.8 Å². The summed E-state index contributed by atoms with van der Waals surface area (Å²) >= 11 is 1.60. The third-order valence-electron chi connectivity index (χ3n) is 3.04. The molecule has 0 atom stereocenters. The molecule has 2 rings (SSSR count). The number of esters is 1. The van der Waals surface area contributed by atoms with Crippen molar-refractivity contribution in [3.05, 3.63) is 45.4 Å². The second-order valence-electron chi connectivity index (χ2n) is 4.52. The van der Waals surface area contributed by atoms with Crippen LogP contribution in [0.25, 0.3) is 0 Å². The lowest BCUT2D eigenvalue weighted by molar-refractivity contribution is 0.0527. The van der Waals surface area contributed by atoms with E-state index in [1.807, 2.05) is 18.4 Å². The Hall–Kier alpha value is -2.08. The van der Waals surface area contributed by atoms with Gasteiger partial charge in [-0.15, -0.1) is 11.3 Å². The van der Waals surface area contributed by atoms with E-state index in [0.29, 0.717) is 6.54 Å². The first-order valence-corrected chi connectivity index (χ1v) is 7.43. The number of nitrogen functional groups attached to an aromatic ring is 1. The van der Waals surface area contributed by atoms with Gasteiger partial charge >= 0.3 is 5.97 Å². The van der Waals surface area contributed by atoms with Gasteiger partial charge in [0.1, 0.15) is 5.82 Å². The fourth-order valence-electron chi connectivity index (χ4n) is 1.87. The third kappa shape index (κ3) is 3.52. The van der Waals surface area contributed by atoms with Crippen LogP contribution >= 0.6 is 11.3 Å². The van der Waals surface area contributed by atoms with Gasteiger partial charge in [0, 0.05) is 17.1 Å². The molecule has 21 heavy (non-hydrogen) atoms. The predicted molar refractivity (Wildman–Crippen MR) is 83.2 cm³/mol. The molecule has 0 saturated carbocycles. The van der Waals surface area contributed by atoms with E-state index < -0.39 is 11.8 Å². The van der Waals surface area contributed by atoms with Crippen molar-refractivity contribution in [3.63, 3.8) is 0 Å². The van der Waals surface area contributed by atoms with Gasteiger partial charge in [0.05, 0.1) is 17.9 Å². The van der Waals surface area contributed by atoms with Gasteiger partial charge in [-0.25, -0.2) is 9.18 Å². The van der Waals surface area contributed by atoms with Crippen LogP contribution in [0.15, 0.2) is 23.6 Å². The molecule has 1 heterocycles. The van der Waals surface area contributed by atoms with Crippen LogP contribution in [0.1, 0.15) is 27.7 Å². The summed E-state index contributed by atoms with van der Waals surface area (Å²) in [5, 5.41) is 4.97. The highest BCUT2D eigenvalue weighted by molar-refractivity contribution is 7.10. The summed E-state index contributed by atoms with van der Waals surface area (Å²) in [6.07, 6.45) is 0. The molecule has 0 aliphatic carbocycles. The lowest BCUT2D eigenvalue weighted by Crippen LogP contribution is -2.10. The normalized spacial score (nSPS) is 10.4. The first kappa shape index (κ1) is 15.3. The van der Waals surface area contributed by atoms with E-state index in [9.17, 15) is 9.18 Å². The average Bonchev–Trinajstić information content (AvgIpc) is 2.83. The van der Waals surface area contributed by atoms with Crippen LogP contribution in [0.3, 0.4) is 0 Å². The van der Waals surface area contributed by atoms with Crippen LogP contribution < -0.4 is 11.1 Å². The van der Waals surface area contributed by atoms with Crippen molar-refractivity contribution in [1.29, 1.82) is 0 Å². The number of nitrogens with two attached hydrogens (primary N) is 1. The van der Waals surface area contributed by atoms with Crippen LogP contribution in [0.5, 0.6) is 0 Å². The molecule has 0 aliphatic heterocycles. The molecular formula is C15H17FN2O2S. The Morgan fingerprint density at radius 2 is 2.24 bits per heavy atom. The van der Waals surface area contributed by atoms with Crippen molar-refractivity contribution in [2.75, 3.05) is 17.7 Å². The van der Waals surface area contributed by atoms with Crippen LogP contribution in [-0.4, -0.2) is 12.6 Å². The monoisotopic (exact) mass is 308 g/mol. The molecule has 1 aromatic heterocycles. The van der Waals surface area contributed by atoms with Crippen molar-refractivity contribution in [1.82, 2.24) is 0 Å². The fraction of sp³-hybridized carbons (Fsp3) is 0.267. The summed E-state index contributed by atoms with van der Waals surface area (Å²) in [5.41, 5.74) is 7.30. The number of nitrogens with one attached hydrogen (secondary N) is 1. The number of aryl methyl sites for hydroxylation is 1. The Labute approximate surface area is 126 Å². The second kappa shape index (κ2) is 6.58. The molecule has 0 saturated heterocycles. The quantitative estimate of drug-likeness (QED) is 0.655. The van der Waals surface area contributed by atoms with Gasteiger partial charge in [0.2, 0.25) is 0 Å². The van der Waals surface area contributed by atoms with Crippen molar-refractivity contribution in [2.45, 2.75) is 20.4 Å². The summed E-state index contributed by atoms with van der Waals surface area (Å²) in [6, 6.07) is 4.53. The number of ether oxygens (including phenoxy) is 1. The summed E-state index contributed by atoms with van der Waals surface area (Å²) in [7, 11) is 0. The second-order valence-corrected chi connectivity index (χ2v) is 5.52. The Morgan fingerprint density at radius 1 is 1.48 bits per heavy atom. The number of carbonyl (C=O) groups is 1. The van der Waals surface area contributed by atoms with Crippen LogP contribution in [0, 0.1) is 12.7 Å². The van der Waals surface area contributed by atoms with E-state index in [1.54, 1.807) is 18.3 Å². The molecular weight excluding hydrogens is 291 g/mol. The van der Waals surface area contributed by atoms with Gasteiger partial charge in [-0.3, -0.25) is 0 Å². The molecule has 4 nitrogen and oxygen atoms in total. The molecule has 0 aliphatic rings. The minimum absolute atomic E-state index is 0.0730. The number of anilines is 2. The van der Waals surface area contributed by atoms with E-state index in [0.717, 1.165) is 16.5 Å². The molecule has 6 heteroatoms. The fourth-order valence-corrected chi connectivity index (χ4v) is 2.72. The zero-order chi connectivity index (χ0) is 15.4. The number of halogens is 1. The van der Waals surface area contributed by atoms with Gasteiger partial charge in [-0.1, -0.05) is 0 Å². The molecule has 112 valence electrons. The highest BCUT2D eigenvalue weighted by Gasteiger charge is 2.15. The zero-order valence-electron chi connectivity index (χ0n) is 11.9. The minimum atomic E-state index is -0.551. The van der Waals surface area contributed by atoms with E-state index in [1.165, 1.54) is 6.07 Å². The largest absolute Gasteiger partial charge is 0.462 e. The van der Waals surface area contributed by atoms with Gasteiger partial charge in [-0.2, -0.15) is 0 Å². The van der Waals surface area contributed by atoms with Crippen molar-refractivity contribution in [3.8, 4) is 0 Å². The SMILES string of the molecule is CCOC(=O)c1cc(NCc2sccc2C)c(F)cc1N. The van der Waals surface area contributed by atoms with E-state index >= 15 is 0 Å². The Kier molecular flexibility index (Phi) is 4.80. The summed E-state index contributed by atoms with van der Waals surface area (Å²) in [4.78, 5) is 12.9. The maximum Gasteiger partial charge on any atom is 0.340 e. The predicted octanol–water partition coefficient (Wildman–Crippen LogP) is 3.57. The Bertz CT molecular complexity index is 655. The number of thiophene rings is 1. The first-order chi connectivity index (χ1) is 10.0. The topological polar surface area (TPSA) is 64.3 Å².